The number of hydrogen-bond donors (Lipinski definition) is 1. The summed E-state index contributed by atoms with van der Waals surface area (Å²) in [7, 11) is 6.04. The molecule has 0 saturated carbocycles. The van der Waals surface area contributed by atoms with Crippen molar-refractivity contribution in [3.63, 3.8) is 0 Å². The SMILES string of the molecule is CCOCCCNCc1cnc(N(C)C)n1C. The number of anilines is 1. The third kappa shape index (κ3) is 4.36. The highest BCUT2D eigenvalue weighted by Gasteiger charge is 2.06. The summed E-state index contributed by atoms with van der Waals surface area (Å²) in [5.41, 5.74) is 1.20. The fourth-order valence-corrected chi connectivity index (χ4v) is 1.67. The summed E-state index contributed by atoms with van der Waals surface area (Å²) in [4.78, 5) is 6.38. The molecular weight excluding hydrogens is 216 g/mol. The van der Waals surface area contributed by atoms with E-state index < -0.39 is 0 Å². The van der Waals surface area contributed by atoms with Gasteiger partial charge in [-0.3, -0.25) is 0 Å². The van der Waals surface area contributed by atoms with Crippen LogP contribution >= 0.6 is 0 Å². The number of hydrogen-bond acceptors (Lipinski definition) is 4. The highest BCUT2D eigenvalue weighted by molar-refractivity contribution is 5.30. The molecule has 1 aromatic heterocycles. The zero-order chi connectivity index (χ0) is 12.7. The van der Waals surface area contributed by atoms with Gasteiger partial charge in [-0.15, -0.1) is 0 Å². The predicted molar refractivity (Wildman–Crippen MR) is 70.4 cm³/mol. The van der Waals surface area contributed by atoms with Crippen LogP contribution in [0.25, 0.3) is 0 Å². The molecule has 0 fully saturated rings. The molecular formula is C12H24N4O. The van der Waals surface area contributed by atoms with Crippen LogP contribution in [-0.4, -0.2) is 43.4 Å². The van der Waals surface area contributed by atoms with Gasteiger partial charge in [-0.2, -0.15) is 0 Å². The number of nitrogens with one attached hydrogen (secondary N) is 1. The van der Waals surface area contributed by atoms with Crippen molar-refractivity contribution >= 4 is 5.95 Å². The summed E-state index contributed by atoms with van der Waals surface area (Å²) in [5.74, 6) is 0.983. The first-order chi connectivity index (χ1) is 8.16. The van der Waals surface area contributed by atoms with E-state index in [1.165, 1.54) is 5.69 Å². The van der Waals surface area contributed by atoms with Crippen LogP contribution in [0.2, 0.25) is 0 Å². The molecule has 1 aromatic rings. The van der Waals surface area contributed by atoms with Crippen molar-refractivity contribution in [2.24, 2.45) is 7.05 Å². The number of imidazole rings is 1. The molecule has 1 heterocycles. The van der Waals surface area contributed by atoms with Gasteiger partial charge in [-0.1, -0.05) is 0 Å². The molecule has 98 valence electrons. The molecule has 0 bridgehead atoms. The van der Waals surface area contributed by atoms with Crippen LogP contribution in [-0.2, 0) is 18.3 Å². The highest BCUT2D eigenvalue weighted by atomic mass is 16.5. The summed E-state index contributed by atoms with van der Waals surface area (Å²) in [6.45, 7) is 5.48. The second-order valence-electron chi connectivity index (χ2n) is 4.23. The molecule has 0 aliphatic carbocycles. The molecule has 0 aliphatic rings. The van der Waals surface area contributed by atoms with Crippen molar-refractivity contribution < 1.29 is 4.74 Å². The molecule has 1 N–H and O–H groups in total. The first-order valence-corrected chi connectivity index (χ1v) is 6.13. The van der Waals surface area contributed by atoms with Crippen molar-refractivity contribution in [3.8, 4) is 0 Å². The molecule has 0 radical (unpaired) electrons. The van der Waals surface area contributed by atoms with Crippen LogP contribution in [0.1, 0.15) is 19.0 Å². The molecule has 0 spiro atoms. The number of nitrogens with zero attached hydrogens (tertiary/aromatic N) is 3. The first-order valence-electron chi connectivity index (χ1n) is 6.13. The molecule has 5 nitrogen and oxygen atoms in total. The standard InChI is InChI=1S/C12H24N4O/c1-5-17-8-6-7-13-9-11-10-14-12(15(2)3)16(11)4/h10,13H,5-9H2,1-4H3. The summed E-state index contributed by atoms with van der Waals surface area (Å²) >= 11 is 0. The number of ether oxygens (including phenoxy) is 1. The molecule has 0 atom stereocenters. The van der Waals surface area contributed by atoms with E-state index in [1.807, 2.05) is 39.2 Å². The zero-order valence-electron chi connectivity index (χ0n) is 11.4. The average molecular weight is 240 g/mol. The maximum absolute atomic E-state index is 5.28. The van der Waals surface area contributed by atoms with Gasteiger partial charge in [0, 0.05) is 40.9 Å². The van der Waals surface area contributed by atoms with Crippen molar-refractivity contribution in [2.45, 2.75) is 19.9 Å². The molecule has 0 amide bonds. The monoisotopic (exact) mass is 240 g/mol. The van der Waals surface area contributed by atoms with E-state index in [-0.39, 0.29) is 0 Å². The maximum atomic E-state index is 5.28. The minimum Gasteiger partial charge on any atom is -0.382 e. The van der Waals surface area contributed by atoms with Crippen molar-refractivity contribution in [1.29, 1.82) is 0 Å². The van der Waals surface area contributed by atoms with E-state index in [0.717, 1.165) is 38.7 Å². The quantitative estimate of drug-likeness (QED) is 0.688. The Balaban J connectivity index is 2.27. The lowest BCUT2D eigenvalue weighted by Gasteiger charge is -2.12. The van der Waals surface area contributed by atoms with E-state index in [9.17, 15) is 0 Å². The predicted octanol–water partition coefficient (Wildman–Crippen LogP) is 1.00. The summed E-state index contributed by atoms with van der Waals surface area (Å²) in [6, 6.07) is 0. The van der Waals surface area contributed by atoms with Crippen molar-refractivity contribution in [1.82, 2.24) is 14.9 Å². The Hall–Kier alpha value is -1.07. The maximum Gasteiger partial charge on any atom is 0.204 e. The van der Waals surface area contributed by atoms with E-state index in [1.54, 1.807) is 0 Å². The van der Waals surface area contributed by atoms with Gasteiger partial charge in [0.1, 0.15) is 0 Å². The number of rotatable bonds is 8. The average Bonchev–Trinajstić information content (AvgIpc) is 2.65. The summed E-state index contributed by atoms with van der Waals surface area (Å²) in [6.07, 6.45) is 2.97. The fraction of sp³-hybridized carbons (Fsp3) is 0.750. The zero-order valence-corrected chi connectivity index (χ0v) is 11.4. The lowest BCUT2D eigenvalue weighted by molar-refractivity contribution is 0.144. The molecule has 0 unspecified atom stereocenters. The van der Waals surface area contributed by atoms with Gasteiger partial charge in [-0.05, 0) is 19.9 Å². The van der Waals surface area contributed by atoms with Gasteiger partial charge >= 0.3 is 0 Å². The first kappa shape index (κ1) is 14.0. The Bertz CT molecular complexity index is 322. The molecule has 17 heavy (non-hydrogen) atoms. The van der Waals surface area contributed by atoms with Gasteiger partial charge < -0.3 is 19.5 Å². The fourth-order valence-electron chi connectivity index (χ4n) is 1.67. The van der Waals surface area contributed by atoms with Gasteiger partial charge in [0.05, 0.1) is 11.9 Å². The van der Waals surface area contributed by atoms with Crippen LogP contribution in [0.3, 0.4) is 0 Å². The molecule has 0 saturated heterocycles. The Morgan fingerprint density at radius 2 is 2.24 bits per heavy atom. The number of aromatic nitrogens is 2. The second kappa shape index (κ2) is 7.29. The van der Waals surface area contributed by atoms with Gasteiger partial charge in [0.2, 0.25) is 5.95 Å². The van der Waals surface area contributed by atoms with Crippen LogP contribution in [0.5, 0.6) is 0 Å². The minimum atomic E-state index is 0.800. The largest absolute Gasteiger partial charge is 0.382 e. The third-order valence-electron chi connectivity index (χ3n) is 2.61. The third-order valence-corrected chi connectivity index (χ3v) is 2.61. The molecule has 0 aromatic carbocycles. The van der Waals surface area contributed by atoms with E-state index >= 15 is 0 Å². The summed E-state index contributed by atoms with van der Waals surface area (Å²) in [5, 5.41) is 3.39. The van der Waals surface area contributed by atoms with E-state index in [0.29, 0.717) is 0 Å². The van der Waals surface area contributed by atoms with Gasteiger partial charge in [0.25, 0.3) is 0 Å². The van der Waals surface area contributed by atoms with E-state index in [4.69, 9.17) is 4.74 Å². The lowest BCUT2D eigenvalue weighted by atomic mass is 10.4. The summed E-state index contributed by atoms with van der Waals surface area (Å²) < 4.78 is 7.39. The van der Waals surface area contributed by atoms with Crippen LogP contribution < -0.4 is 10.2 Å². The highest BCUT2D eigenvalue weighted by Crippen LogP contribution is 2.10. The van der Waals surface area contributed by atoms with Gasteiger partial charge in [-0.25, -0.2) is 4.98 Å². The van der Waals surface area contributed by atoms with Crippen molar-refractivity contribution in [2.75, 3.05) is 38.8 Å². The molecule has 0 aliphatic heterocycles. The van der Waals surface area contributed by atoms with Gasteiger partial charge in [0.15, 0.2) is 0 Å². The Morgan fingerprint density at radius 1 is 1.47 bits per heavy atom. The topological polar surface area (TPSA) is 42.3 Å². The normalized spacial score (nSPS) is 10.8. The Kier molecular flexibility index (Phi) is 6.00. The molecule has 5 heteroatoms. The van der Waals surface area contributed by atoms with E-state index in [2.05, 4.69) is 14.9 Å². The minimum absolute atomic E-state index is 0.800. The lowest BCUT2D eigenvalue weighted by Crippen LogP contribution is -2.19. The Morgan fingerprint density at radius 3 is 2.82 bits per heavy atom. The van der Waals surface area contributed by atoms with Crippen molar-refractivity contribution in [3.05, 3.63) is 11.9 Å². The second-order valence-corrected chi connectivity index (χ2v) is 4.23. The van der Waals surface area contributed by atoms with Crippen LogP contribution in [0, 0.1) is 0 Å². The van der Waals surface area contributed by atoms with Crippen LogP contribution in [0.15, 0.2) is 6.20 Å². The van der Waals surface area contributed by atoms with Crippen LogP contribution in [0.4, 0.5) is 5.95 Å². The Labute approximate surface area is 104 Å². The molecule has 1 rings (SSSR count). The smallest absolute Gasteiger partial charge is 0.204 e.